The minimum atomic E-state index is -0.391. The van der Waals surface area contributed by atoms with Crippen molar-refractivity contribution in [2.45, 2.75) is 18.9 Å². The van der Waals surface area contributed by atoms with Crippen LogP contribution >= 0.6 is 0 Å². The van der Waals surface area contributed by atoms with Gasteiger partial charge in [-0.1, -0.05) is 18.2 Å². The number of methoxy groups -OCH3 is 1. The number of para-hydroxylation sites is 1. The summed E-state index contributed by atoms with van der Waals surface area (Å²) in [6.07, 6.45) is 4.53. The highest BCUT2D eigenvalue weighted by molar-refractivity contribution is 5.92. The minimum Gasteiger partial charge on any atom is -0.496 e. The molecule has 1 aromatic carbocycles. The Morgan fingerprint density at radius 3 is 3.00 bits per heavy atom. The molecule has 102 valence electrons. The molecular weight excluding hydrogens is 242 g/mol. The van der Waals surface area contributed by atoms with Gasteiger partial charge in [-0.15, -0.1) is 0 Å². The molecule has 0 aromatic heterocycles. The monoisotopic (exact) mass is 261 g/mol. The number of ether oxygens (including phenoxy) is 1. The third-order valence-corrected chi connectivity index (χ3v) is 3.25. The van der Waals surface area contributed by atoms with Crippen molar-refractivity contribution in [2.75, 3.05) is 20.2 Å². The van der Waals surface area contributed by atoms with E-state index in [2.05, 4.69) is 0 Å². The highest BCUT2D eigenvalue weighted by atomic mass is 16.5. The summed E-state index contributed by atoms with van der Waals surface area (Å²) in [5.74, 6) is 0.676. The molecule has 0 spiro atoms. The fraction of sp³-hybridized carbons (Fsp3) is 0.400. The van der Waals surface area contributed by atoms with Crippen molar-refractivity contribution < 1.29 is 14.6 Å². The van der Waals surface area contributed by atoms with Crippen LogP contribution in [0, 0.1) is 0 Å². The second-order valence-electron chi connectivity index (χ2n) is 4.66. The molecule has 1 aromatic rings. The average Bonchev–Trinajstić information content (AvgIpc) is 2.45. The Bertz CT molecular complexity index is 470. The molecule has 0 aliphatic carbocycles. The second kappa shape index (κ2) is 6.38. The summed E-state index contributed by atoms with van der Waals surface area (Å²) < 4.78 is 5.22. The second-order valence-corrected chi connectivity index (χ2v) is 4.66. The lowest BCUT2D eigenvalue weighted by Gasteiger charge is -2.29. The normalized spacial score (nSPS) is 19.7. The van der Waals surface area contributed by atoms with Crippen LogP contribution in [-0.4, -0.2) is 42.2 Å². The van der Waals surface area contributed by atoms with Gasteiger partial charge in [-0.25, -0.2) is 0 Å². The van der Waals surface area contributed by atoms with Gasteiger partial charge in [0.2, 0.25) is 5.91 Å². The molecule has 19 heavy (non-hydrogen) atoms. The molecule has 4 heteroatoms. The number of piperidine rings is 1. The van der Waals surface area contributed by atoms with Crippen molar-refractivity contribution in [1.82, 2.24) is 4.90 Å². The molecule has 1 saturated heterocycles. The van der Waals surface area contributed by atoms with E-state index in [0.717, 1.165) is 24.2 Å². The summed E-state index contributed by atoms with van der Waals surface area (Å²) in [5, 5.41) is 9.56. The molecule has 1 aliphatic heterocycles. The fourth-order valence-electron chi connectivity index (χ4n) is 2.23. The Hall–Kier alpha value is -1.81. The lowest BCUT2D eigenvalue weighted by molar-refractivity contribution is -0.128. The number of amides is 1. The molecule has 1 amide bonds. The van der Waals surface area contributed by atoms with Crippen molar-refractivity contribution in [3.63, 3.8) is 0 Å². The van der Waals surface area contributed by atoms with E-state index in [0.29, 0.717) is 13.1 Å². The molecule has 0 bridgehead atoms. The number of rotatable bonds is 3. The van der Waals surface area contributed by atoms with Crippen molar-refractivity contribution in [1.29, 1.82) is 0 Å². The molecule has 0 saturated carbocycles. The first-order valence-electron chi connectivity index (χ1n) is 6.49. The van der Waals surface area contributed by atoms with E-state index in [9.17, 15) is 9.90 Å². The Balaban J connectivity index is 2.03. The molecule has 0 radical (unpaired) electrons. The zero-order valence-electron chi connectivity index (χ0n) is 11.1. The first-order chi connectivity index (χ1) is 9.20. The molecule has 4 nitrogen and oxygen atoms in total. The summed E-state index contributed by atoms with van der Waals surface area (Å²) in [7, 11) is 1.61. The van der Waals surface area contributed by atoms with E-state index in [1.165, 1.54) is 6.08 Å². The van der Waals surface area contributed by atoms with E-state index >= 15 is 0 Å². The molecule has 1 atom stereocenters. The topological polar surface area (TPSA) is 49.8 Å². The van der Waals surface area contributed by atoms with Crippen LogP contribution in [0.5, 0.6) is 5.75 Å². The van der Waals surface area contributed by atoms with Crippen LogP contribution in [0.15, 0.2) is 30.3 Å². The summed E-state index contributed by atoms with van der Waals surface area (Å²) in [4.78, 5) is 13.7. The number of aliphatic hydroxyl groups is 1. The number of carbonyl (C=O) groups is 1. The summed E-state index contributed by atoms with van der Waals surface area (Å²) >= 11 is 0. The molecule has 1 heterocycles. The number of β-amino-alcohol motifs (C(OH)–C–C–N with tert-alkyl or cyclic N) is 1. The summed E-state index contributed by atoms with van der Waals surface area (Å²) in [6.45, 7) is 1.14. The number of hydrogen-bond acceptors (Lipinski definition) is 3. The highest BCUT2D eigenvalue weighted by Gasteiger charge is 2.20. The number of aliphatic hydroxyl groups excluding tert-OH is 1. The van der Waals surface area contributed by atoms with Crippen LogP contribution in [0.3, 0.4) is 0 Å². The van der Waals surface area contributed by atoms with E-state index in [-0.39, 0.29) is 5.91 Å². The largest absolute Gasteiger partial charge is 0.496 e. The molecule has 2 rings (SSSR count). The van der Waals surface area contributed by atoms with Gasteiger partial charge in [0.1, 0.15) is 5.75 Å². The van der Waals surface area contributed by atoms with Crippen LogP contribution in [0.25, 0.3) is 6.08 Å². The summed E-state index contributed by atoms with van der Waals surface area (Å²) in [6, 6.07) is 7.54. The molecule has 1 aliphatic rings. The number of benzene rings is 1. The number of carbonyl (C=O) groups excluding carboxylic acids is 1. The highest BCUT2D eigenvalue weighted by Crippen LogP contribution is 2.19. The van der Waals surface area contributed by atoms with Crippen molar-refractivity contribution in [3.8, 4) is 5.75 Å². The molecular formula is C15H19NO3. The van der Waals surface area contributed by atoms with Gasteiger partial charge in [-0.2, -0.15) is 0 Å². The number of likely N-dealkylation sites (tertiary alicyclic amines) is 1. The maximum Gasteiger partial charge on any atom is 0.246 e. The van der Waals surface area contributed by atoms with Gasteiger partial charge in [0.25, 0.3) is 0 Å². The summed E-state index contributed by atoms with van der Waals surface area (Å²) in [5.41, 5.74) is 0.871. The molecule has 1 unspecified atom stereocenters. The van der Waals surface area contributed by atoms with Gasteiger partial charge in [-0.3, -0.25) is 4.79 Å². The van der Waals surface area contributed by atoms with Crippen LogP contribution in [-0.2, 0) is 4.79 Å². The maximum atomic E-state index is 12.0. The average molecular weight is 261 g/mol. The third kappa shape index (κ3) is 3.58. The van der Waals surface area contributed by atoms with Crippen LogP contribution < -0.4 is 4.74 Å². The van der Waals surface area contributed by atoms with Crippen LogP contribution in [0.4, 0.5) is 0 Å². The Morgan fingerprint density at radius 2 is 2.26 bits per heavy atom. The number of hydrogen-bond donors (Lipinski definition) is 1. The van der Waals surface area contributed by atoms with Crippen LogP contribution in [0.1, 0.15) is 18.4 Å². The Morgan fingerprint density at radius 1 is 1.47 bits per heavy atom. The zero-order chi connectivity index (χ0) is 13.7. The Kier molecular flexibility index (Phi) is 4.58. The lowest BCUT2D eigenvalue weighted by atomic mass is 10.1. The lowest BCUT2D eigenvalue weighted by Crippen LogP contribution is -2.41. The van der Waals surface area contributed by atoms with E-state index in [1.807, 2.05) is 24.3 Å². The zero-order valence-corrected chi connectivity index (χ0v) is 11.1. The van der Waals surface area contributed by atoms with Gasteiger partial charge in [0.05, 0.1) is 13.2 Å². The van der Waals surface area contributed by atoms with Gasteiger partial charge in [-0.05, 0) is 25.0 Å². The third-order valence-electron chi connectivity index (χ3n) is 3.25. The molecule has 1 N–H and O–H groups in total. The standard InChI is InChI=1S/C15H19NO3/c1-19-14-7-3-2-5-12(14)8-9-15(18)16-10-4-6-13(17)11-16/h2-3,5,7-9,13,17H,4,6,10-11H2,1H3/b9-8+. The van der Waals surface area contributed by atoms with Crippen LogP contribution in [0.2, 0.25) is 0 Å². The van der Waals surface area contributed by atoms with Gasteiger partial charge < -0.3 is 14.7 Å². The van der Waals surface area contributed by atoms with Gasteiger partial charge >= 0.3 is 0 Å². The van der Waals surface area contributed by atoms with E-state index < -0.39 is 6.10 Å². The predicted octanol–water partition coefficient (Wildman–Crippen LogP) is 1.69. The quantitative estimate of drug-likeness (QED) is 0.842. The SMILES string of the molecule is COc1ccccc1/C=C/C(=O)N1CCCC(O)C1. The van der Waals surface area contributed by atoms with E-state index in [1.54, 1.807) is 18.1 Å². The van der Waals surface area contributed by atoms with Gasteiger partial charge in [0.15, 0.2) is 0 Å². The Labute approximate surface area is 113 Å². The smallest absolute Gasteiger partial charge is 0.246 e. The van der Waals surface area contributed by atoms with E-state index in [4.69, 9.17) is 4.74 Å². The fourth-order valence-corrected chi connectivity index (χ4v) is 2.23. The van der Waals surface area contributed by atoms with Crippen molar-refractivity contribution in [3.05, 3.63) is 35.9 Å². The predicted molar refractivity (Wildman–Crippen MR) is 73.8 cm³/mol. The first kappa shape index (κ1) is 13.6. The minimum absolute atomic E-state index is 0.0651. The maximum absolute atomic E-state index is 12.0. The van der Waals surface area contributed by atoms with Crippen molar-refractivity contribution >= 4 is 12.0 Å². The number of nitrogens with zero attached hydrogens (tertiary/aromatic N) is 1. The first-order valence-corrected chi connectivity index (χ1v) is 6.49. The van der Waals surface area contributed by atoms with Crippen molar-refractivity contribution in [2.24, 2.45) is 0 Å². The molecule has 1 fully saturated rings. The van der Waals surface area contributed by atoms with Gasteiger partial charge in [0, 0.05) is 24.7 Å².